The van der Waals surface area contributed by atoms with Crippen LogP contribution in [-0.2, 0) is 14.3 Å². The van der Waals surface area contributed by atoms with E-state index in [1.807, 2.05) is 13.8 Å². The van der Waals surface area contributed by atoms with Crippen molar-refractivity contribution < 1.29 is 24.5 Å². The molecule has 300 valence electrons. The van der Waals surface area contributed by atoms with E-state index in [0.717, 1.165) is 56.7 Å². The molecule has 0 radical (unpaired) electrons. The molecule has 1 aliphatic heterocycles. The number of aliphatic carboxylic acids is 1. The maximum Gasteiger partial charge on any atom is 0.309 e. The molecule has 0 spiro atoms. The lowest BCUT2D eigenvalue weighted by Crippen LogP contribution is -2.69. The smallest absolute Gasteiger partial charge is 0.309 e. The number of nitrogens with zero attached hydrogens (tertiary/aromatic N) is 1. The number of carboxylic acids is 1. The maximum atomic E-state index is 13.6. The third kappa shape index (κ3) is 5.62. The van der Waals surface area contributed by atoms with Crippen LogP contribution in [0.25, 0.3) is 0 Å². The number of rotatable bonds is 9. The number of fused-ring (bicyclic) bond motifs is 7. The highest BCUT2D eigenvalue weighted by Gasteiger charge is 2.72. The Balaban J connectivity index is 1.01. The molecule has 13 atom stereocenters. The predicted octanol–water partition coefficient (Wildman–Crippen LogP) is 8.72. The van der Waals surface area contributed by atoms with Gasteiger partial charge in [0.15, 0.2) is 0 Å². The van der Waals surface area contributed by atoms with Gasteiger partial charge in [-0.2, -0.15) is 0 Å². The summed E-state index contributed by atoms with van der Waals surface area (Å²) in [6.07, 6.45) is 19.4. The van der Waals surface area contributed by atoms with Crippen LogP contribution in [0.15, 0.2) is 0 Å². The highest BCUT2D eigenvalue weighted by Crippen LogP contribution is 2.78. The maximum absolute atomic E-state index is 13.6. The van der Waals surface area contributed by atoms with E-state index in [9.17, 15) is 19.8 Å². The summed E-state index contributed by atoms with van der Waals surface area (Å²) in [5, 5.41) is 24.2. The SMILES string of the molecule is CC1([C@@H]2CC[C@]3(NCCN4CCCCC4CO)CC[C@]4(C)[C@H](CC[C@@H]5[C@@]6(C)CC[C@H](OC(=O)[C@H]7C[C@@H](C(=O)O)C7(C)C)C(C)(C)[C@@H]6CC[C@]54C)[C@@H]23)CC1. The van der Waals surface area contributed by atoms with Crippen LogP contribution in [0.3, 0.4) is 0 Å². The molecule has 8 rings (SSSR count). The van der Waals surface area contributed by atoms with Gasteiger partial charge in [-0.3, -0.25) is 14.5 Å². The van der Waals surface area contributed by atoms with E-state index in [4.69, 9.17) is 4.74 Å². The molecule has 1 heterocycles. The van der Waals surface area contributed by atoms with Crippen LogP contribution < -0.4 is 5.32 Å². The zero-order valence-electron chi connectivity index (χ0n) is 34.9. The van der Waals surface area contributed by atoms with Gasteiger partial charge in [0, 0.05) is 30.1 Å². The summed E-state index contributed by atoms with van der Waals surface area (Å²) in [5.41, 5.74) is 0.967. The normalized spacial score (nSPS) is 49.3. The molecule has 0 aromatic carbocycles. The summed E-state index contributed by atoms with van der Waals surface area (Å²) in [5.74, 6) is 1.79. The number of carbonyl (C=O) groups is 2. The van der Waals surface area contributed by atoms with Crippen molar-refractivity contribution in [3.8, 4) is 0 Å². The molecule has 7 heteroatoms. The lowest BCUT2D eigenvalue weighted by Gasteiger charge is -2.73. The number of piperidine rings is 1. The number of hydrogen-bond donors (Lipinski definition) is 3. The average Bonchev–Trinajstić information content (AvgIpc) is 3.72. The van der Waals surface area contributed by atoms with E-state index in [1.54, 1.807) is 0 Å². The molecule has 1 saturated heterocycles. The second-order valence-electron chi connectivity index (χ2n) is 22.7. The summed E-state index contributed by atoms with van der Waals surface area (Å²) < 4.78 is 6.47. The fourth-order valence-corrected chi connectivity index (χ4v) is 16.4. The number of carboxylic acid groups (broad SMARTS) is 1. The van der Waals surface area contributed by atoms with Crippen molar-refractivity contribution in [1.82, 2.24) is 10.2 Å². The van der Waals surface area contributed by atoms with Gasteiger partial charge < -0.3 is 20.3 Å². The van der Waals surface area contributed by atoms with E-state index in [0.29, 0.717) is 47.2 Å². The topological polar surface area (TPSA) is 99.1 Å². The Hall–Kier alpha value is -1.18. The molecule has 0 aromatic rings. The summed E-state index contributed by atoms with van der Waals surface area (Å²) in [7, 11) is 0. The van der Waals surface area contributed by atoms with Crippen LogP contribution in [0.4, 0.5) is 0 Å². The monoisotopic (exact) mass is 737 g/mol. The molecule has 1 unspecified atom stereocenters. The van der Waals surface area contributed by atoms with Crippen molar-refractivity contribution in [1.29, 1.82) is 0 Å². The van der Waals surface area contributed by atoms with Crippen molar-refractivity contribution in [3.05, 3.63) is 0 Å². The Morgan fingerprint density at radius 1 is 0.736 bits per heavy atom. The van der Waals surface area contributed by atoms with Gasteiger partial charge >= 0.3 is 11.9 Å². The first-order valence-electron chi connectivity index (χ1n) is 22.4. The van der Waals surface area contributed by atoms with Gasteiger partial charge in [-0.25, -0.2) is 0 Å². The van der Waals surface area contributed by atoms with Crippen LogP contribution >= 0.6 is 0 Å². The minimum Gasteiger partial charge on any atom is -0.481 e. The molecule has 3 N–H and O–H groups in total. The number of ether oxygens (including phenoxy) is 1. The Bertz CT molecular complexity index is 1440. The lowest BCUT2D eigenvalue weighted by molar-refractivity contribution is -0.249. The molecule has 8 fully saturated rings. The quantitative estimate of drug-likeness (QED) is 0.204. The standard InChI is InChI=1S/C46H76N2O5/c1-40(2)32(38(50)51)27-33(40)39(52)53-36-16-17-43(6)34(41(36,3)4)15-18-45(8)35(43)13-12-31-37-30(42(5)20-21-42)14-19-46(37,23-22-44(31,45)7)47-24-26-48-25-10-9-11-29(48)28-49/h29-37,47,49H,9-28H2,1-8H3,(H,50,51)/t29?,30-,31-,32+,33-,34+,35-,36+,37-,43+,44-,45-,46+/m1/s1. The van der Waals surface area contributed by atoms with Gasteiger partial charge in [0.25, 0.3) is 0 Å². The summed E-state index contributed by atoms with van der Waals surface area (Å²) >= 11 is 0. The molecule has 0 bridgehead atoms. The predicted molar refractivity (Wildman–Crippen MR) is 209 cm³/mol. The highest BCUT2D eigenvalue weighted by atomic mass is 16.5. The van der Waals surface area contributed by atoms with Gasteiger partial charge in [-0.05, 0) is 160 Å². The van der Waals surface area contributed by atoms with Gasteiger partial charge in [0.2, 0.25) is 0 Å². The number of esters is 1. The first-order valence-corrected chi connectivity index (χ1v) is 22.4. The van der Waals surface area contributed by atoms with Gasteiger partial charge in [-0.1, -0.05) is 61.8 Å². The number of hydrogen-bond acceptors (Lipinski definition) is 6. The average molecular weight is 737 g/mol. The van der Waals surface area contributed by atoms with Gasteiger partial charge in [0.1, 0.15) is 6.10 Å². The van der Waals surface area contributed by atoms with Crippen molar-refractivity contribution in [3.63, 3.8) is 0 Å². The molecule has 0 aromatic heterocycles. The van der Waals surface area contributed by atoms with E-state index < -0.39 is 17.3 Å². The highest BCUT2D eigenvalue weighted by molar-refractivity contribution is 5.81. The summed E-state index contributed by atoms with van der Waals surface area (Å²) in [6.45, 7) is 23.0. The van der Waals surface area contributed by atoms with Crippen molar-refractivity contribution in [2.24, 2.45) is 73.9 Å². The minimum absolute atomic E-state index is 0.110. The molecular weight excluding hydrogens is 661 g/mol. The zero-order valence-corrected chi connectivity index (χ0v) is 34.9. The first-order chi connectivity index (χ1) is 24.9. The molecule has 7 saturated carbocycles. The van der Waals surface area contributed by atoms with Crippen LogP contribution in [0.5, 0.6) is 0 Å². The molecule has 53 heavy (non-hydrogen) atoms. The Labute approximate surface area is 321 Å². The van der Waals surface area contributed by atoms with E-state index in [2.05, 4.69) is 51.8 Å². The number of nitrogens with one attached hydrogen (secondary N) is 1. The van der Waals surface area contributed by atoms with Crippen molar-refractivity contribution in [2.45, 2.75) is 176 Å². The fourth-order valence-electron chi connectivity index (χ4n) is 16.4. The minimum atomic E-state index is -0.795. The Morgan fingerprint density at radius 3 is 2.17 bits per heavy atom. The molecule has 8 aliphatic rings. The van der Waals surface area contributed by atoms with Crippen molar-refractivity contribution >= 4 is 11.9 Å². The van der Waals surface area contributed by atoms with Crippen molar-refractivity contribution in [2.75, 3.05) is 26.2 Å². The van der Waals surface area contributed by atoms with Crippen LogP contribution in [0, 0.1) is 73.9 Å². The second-order valence-corrected chi connectivity index (χ2v) is 22.7. The number of aliphatic hydroxyl groups is 1. The van der Waals surface area contributed by atoms with E-state index >= 15 is 0 Å². The van der Waals surface area contributed by atoms with E-state index in [-0.39, 0.29) is 34.4 Å². The summed E-state index contributed by atoms with van der Waals surface area (Å²) in [4.78, 5) is 28.0. The number of likely N-dealkylation sites (tertiary alicyclic amines) is 1. The lowest BCUT2D eigenvalue weighted by atomic mass is 9.32. The molecule has 7 aliphatic carbocycles. The third-order valence-electron chi connectivity index (χ3n) is 20.3. The molecule has 0 amide bonds. The molecular formula is C46H76N2O5. The third-order valence-corrected chi connectivity index (χ3v) is 20.3. The first kappa shape index (κ1) is 38.7. The Kier molecular flexibility index (Phi) is 9.43. The number of aliphatic hydroxyl groups excluding tert-OH is 1. The summed E-state index contributed by atoms with van der Waals surface area (Å²) in [6, 6.07) is 0.343. The van der Waals surface area contributed by atoms with Crippen LogP contribution in [0.2, 0.25) is 0 Å². The fraction of sp³-hybridized carbons (Fsp3) is 0.957. The van der Waals surface area contributed by atoms with Crippen LogP contribution in [-0.4, -0.2) is 71.0 Å². The van der Waals surface area contributed by atoms with Gasteiger partial charge in [-0.15, -0.1) is 0 Å². The number of carbonyl (C=O) groups excluding carboxylic acids is 1. The van der Waals surface area contributed by atoms with E-state index in [1.165, 1.54) is 77.0 Å². The largest absolute Gasteiger partial charge is 0.481 e. The zero-order chi connectivity index (χ0) is 38.0. The second kappa shape index (κ2) is 12.9. The van der Waals surface area contributed by atoms with Gasteiger partial charge in [0.05, 0.1) is 18.4 Å². The Morgan fingerprint density at radius 2 is 1.49 bits per heavy atom. The van der Waals surface area contributed by atoms with Crippen LogP contribution in [0.1, 0.15) is 158 Å². The molecule has 7 nitrogen and oxygen atoms in total.